The number of aromatic nitrogens is 2. The van der Waals surface area contributed by atoms with Crippen molar-refractivity contribution in [2.24, 2.45) is 0 Å². The Balaban J connectivity index is 1.57. The summed E-state index contributed by atoms with van der Waals surface area (Å²) < 4.78 is 46.8. The summed E-state index contributed by atoms with van der Waals surface area (Å²) in [5, 5.41) is 25.1. The molecule has 0 spiro atoms. The van der Waals surface area contributed by atoms with E-state index in [-0.39, 0.29) is 35.3 Å². The molecule has 2 heterocycles. The minimum Gasteiger partial charge on any atom is -0.481 e. The number of aliphatic carboxylic acids is 1. The zero-order valence-corrected chi connectivity index (χ0v) is 16.3. The maximum atomic E-state index is 12.6. The van der Waals surface area contributed by atoms with Gasteiger partial charge in [-0.15, -0.1) is 13.2 Å². The van der Waals surface area contributed by atoms with Crippen LogP contribution in [-0.2, 0) is 11.2 Å². The number of carbonyl (C=O) groups is 1. The van der Waals surface area contributed by atoms with Gasteiger partial charge in [0.15, 0.2) is 0 Å². The molecule has 0 bridgehead atoms. The van der Waals surface area contributed by atoms with Crippen LogP contribution in [0, 0.1) is 11.3 Å². The van der Waals surface area contributed by atoms with E-state index in [1.54, 1.807) is 12.1 Å². The average molecular weight is 444 g/mol. The van der Waals surface area contributed by atoms with Crippen LogP contribution in [-0.4, -0.2) is 33.6 Å². The topological polar surface area (TPSA) is 121 Å². The summed E-state index contributed by atoms with van der Waals surface area (Å²) >= 11 is 0. The Bertz CT molecular complexity index is 1220. The molecule has 0 saturated carbocycles. The number of hydrogen-bond donors (Lipinski definition) is 2. The first-order valence-electron chi connectivity index (χ1n) is 9.47. The van der Waals surface area contributed by atoms with Crippen molar-refractivity contribution in [3.63, 3.8) is 0 Å². The van der Waals surface area contributed by atoms with E-state index in [1.807, 2.05) is 12.1 Å². The third kappa shape index (κ3) is 4.80. The van der Waals surface area contributed by atoms with Crippen molar-refractivity contribution in [1.82, 2.24) is 10.1 Å². The van der Waals surface area contributed by atoms with Crippen molar-refractivity contribution < 1.29 is 32.3 Å². The first-order valence-corrected chi connectivity index (χ1v) is 9.47. The molecule has 0 aliphatic carbocycles. The molecular weight excluding hydrogens is 429 g/mol. The molecule has 11 heteroatoms. The number of alkyl halides is 3. The summed E-state index contributed by atoms with van der Waals surface area (Å²) in [6, 6.07) is 10.6. The summed E-state index contributed by atoms with van der Waals surface area (Å²) in [5.74, 6) is -1.27. The van der Waals surface area contributed by atoms with Gasteiger partial charge in [-0.25, -0.2) is 0 Å². The zero-order chi connectivity index (χ0) is 22.9. The van der Waals surface area contributed by atoms with E-state index < -0.39 is 18.1 Å². The molecule has 0 saturated heterocycles. The normalized spacial score (nSPS) is 15.0. The van der Waals surface area contributed by atoms with E-state index in [4.69, 9.17) is 14.9 Å². The second-order valence-electron chi connectivity index (χ2n) is 7.18. The first kappa shape index (κ1) is 21.2. The molecule has 4 rings (SSSR count). The molecule has 0 radical (unpaired) electrons. The van der Waals surface area contributed by atoms with Gasteiger partial charge >= 0.3 is 12.3 Å². The molecule has 8 nitrogen and oxygen atoms in total. The van der Waals surface area contributed by atoms with E-state index in [0.717, 1.165) is 23.4 Å². The highest BCUT2D eigenvalue weighted by Gasteiger charge is 2.31. The number of nitrogens with zero attached hydrogens (tertiary/aromatic N) is 3. The van der Waals surface area contributed by atoms with Crippen molar-refractivity contribution >= 4 is 11.7 Å². The van der Waals surface area contributed by atoms with Crippen LogP contribution in [0.3, 0.4) is 0 Å². The Hall–Kier alpha value is -4.07. The van der Waals surface area contributed by atoms with Gasteiger partial charge in [-0.05, 0) is 54.8 Å². The predicted octanol–water partition coefficient (Wildman–Crippen LogP) is 4.38. The number of hydrogen-bond acceptors (Lipinski definition) is 7. The summed E-state index contributed by atoms with van der Waals surface area (Å²) in [7, 11) is 0. The molecule has 1 aromatic heterocycles. The van der Waals surface area contributed by atoms with Crippen LogP contribution in [0.4, 0.5) is 18.9 Å². The fourth-order valence-electron chi connectivity index (χ4n) is 3.49. The zero-order valence-electron chi connectivity index (χ0n) is 16.3. The minimum atomic E-state index is -4.91. The summed E-state index contributed by atoms with van der Waals surface area (Å²) in [6.07, 6.45) is -3.71. The van der Waals surface area contributed by atoms with Gasteiger partial charge in [0.2, 0.25) is 5.82 Å². The van der Waals surface area contributed by atoms with Crippen LogP contribution >= 0.6 is 0 Å². The molecular formula is C21H15F3N4O4. The van der Waals surface area contributed by atoms with Crippen LogP contribution in [0.1, 0.15) is 24.0 Å². The van der Waals surface area contributed by atoms with Gasteiger partial charge in [0.1, 0.15) is 5.75 Å². The Morgan fingerprint density at radius 2 is 2.09 bits per heavy atom. The lowest BCUT2D eigenvalue weighted by molar-refractivity contribution is -0.274. The SMILES string of the molecule is N#Cc1cc(OC(F)(F)F)cc(-c2nc(-c3ccc4c(c3)CC(CCC(=O)O)N4)no2)c1. The second-order valence-corrected chi connectivity index (χ2v) is 7.18. The molecule has 2 aromatic carbocycles. The van der Waals surface area contributed by atoms with Gasteiger partial charge in [0.05, 0.1) is 11.6 Å². The molecule has 3 aromatic rings. The molecule has 0 amide bonds. The number of rotatable bonds is 6. The summed E-state index contributed by atoms with van der Waals surface area (Å²) in [6.45, 7) is 0. The Morgan fingerprint density at radius 3 is 2.81 bits per heavy atom. The van der Waals surface area contributed by atoms with Crippen LogP contribution in [0.25, 0.3) is 22.8 Å². The van der Waals surface area contributed by atoms with E-state index in [0.29, 0.717) is 18.4 Å². The largest absolute Gasteiger partial charge is 0.573 e. The van der Waals surface area contributed by atoms with Crippen molar-refractivity contribution in [2.75, 3.05) is 5.32 Å². The standard InChI is InChI=1S/C21H15F3N4O4/c22-21(23,24)31-16-6-11(10-25)5-14(9-16)20-27-19(28-32-20)12-1-3-17-13(7-12)8-15(26-17)2-4-18(29)30/h1,3,5-7,9,15,26H,2,4,8H2,(H,29,30). The molecule has 1 aliphatic rings. The van der Waals surface area contributed by atoms with Crippen molar-refractivity contribution in [3.05, 3.63) is 47.5 Å². The number of fused-ring (bicyclic) bond motifs is 1. The van der Waals surface area contributed by atoms with Crippen LogP contribution in [0.2, 0.25) is 0 Å². The van der Waals surface area contributed by atoms with E-state index in [9.17, 15) is 18.0 Å². The van der Waals surface area contributed by atoms with Gasteiger partial charge in [-0.1, -0.05) is 5.16 Å². The molecule has 32 heavy (non-hydrogen) atoms. The highest BCUT2D eigenvalue weighted by Crippen LogP contribution is 2.33. The van der Waals surface area contributed by atoms with Crippen LogP contribution in [0.15, 0.2) is 40.9 Å². The second kappa shape index (κ2) is 8.22. The van der Waals surface area contributed by atoms with Crippen molar-refractivity contribution in [3.8, 4) is 34.7 Å². The molecule has 2 N–H and O–H groups in total. The van der Waals surface area contributed by atoms with Gasteiger partial charge in [0.25, 0.3) is 5.89 Å². The molecule has 1 unspecified atom stereocenters. The summed E-state index contributed by atoms with van der Waals surface area (Å²) in [5.41, 5.74) is 2.54. The lowest BCUT2D eigenvalue weighted by Gasteiger charge is -2.09. The van der Waals surface area contributed by atoms with Gasteiger partial charge in [0, 0.05) is 29.3 Å². The van der Waals surface area contributed by atoms with Gasteiger partial charge in [-0.3, -0.25) is 4.79 Å². The maximum absolute atomic E-state index is 12.6. The number of anilines is 1. The smallest absolute Gasteiger partial charge is 0.481 e. The quantitative estimate of drug-likeness (QED) is 0.575. The third-order valence-electron chi connectivity index (χ3n) is 4.84. The number of halogens is 3. The van der Waals surface area contributed by atoms with E-state index in [2.05, 4.69) is 20.2 Å². The number of nitriles is 1. The molecule has 1 aliphatic heterocycles. The maximum Gasteiger partial charge on any atom is 0.573 e. The number of carboxylic acid groups (broad SMARTS) is 1. The average Bonchev–Trinajstić information content (AvgIpc) is 3.37. The van der Waals surface area contributed by atoms with Crippen LogP contribution in [0.5, 0.6) is 5.75 Å². The highest BCUT2D eigenvalue weighted by molar-refractivity contribution is 5.69. The first-order chi connectivity index (χ1) is 15.2. The molecule has 0 fully saturated rings. The lowest BCUT2D eigenvalue weighted by atomic mass is 10.0. The van der Waals surface area contributed by atoms with Gasteiger partial charge in [-0.2, -0.15) is 10.2 Å². The third-order valence-corrected chi connectivity index (χ3v) is 4.84. The van der Waals surface area contributed by atoms with Crippen LogP contribution < -0.4 is 10.1 Å². The Labute approximate surface area is 179 Å². The number of benzene rings is 2. The number of nitrogens with one attached hydrogen (secondary N) is 1. The van der Waals surface area contributed by atoms with Gasteiger partial charge < -0.3 is 19.7 Å². The monoisotopic (exact) mass is 444 g/mol. The highest BCUT2D eigenvalue weighted by atomic mass is 19.4. The summed E-state index contributed by atoms with van der Waals surface area (Å²) in [4.78, 5) is 15.0. The Morgan fingerprint density at radius 1 is 1.28 bits per heavy atom. The molecule has 164 valence electrons. The fourth-order valence-corrected chi connectivity index (χ4v) is 3.49. The number of ether oxygens (including phenoxy) is 1. The van der Waals surface area contributed by atoms with E-state index >= 15 is 0 Å². The van der Waals surface area contributed by atoms with E-state index in [1.165, 1.54) is 6.07 Å². The lowest BCUT2D eigenvalue weighted by Crippen LogP contribution is -2.17. The minimum absolute atomic E-state index is 0.0120. The molecule has 1 atom stereocenters. The van der Waals surface area contributed by atoms with Crippen molar-refractivity contribution in [2.45, 2.75) is 31.7 Å². The number of carboxylic acids is 1. The predicted molar refractivity (Wildman–Crippen MR) is 105 cm³/mol. The Kier molecular flexibility index (Phi) is 5.44. The fraction of sp³-hybridized carbons (Fsp3) is 0.238. The van der Waals surface area contributed by atoms with Crippen molar-refractivity contribution in [1.29, 1.82) is 5.26 Å².